The van der Waals surface area contributed by atoms with Crippen molar-refractivity contribution in [1.82, 2.24) is 10.2 Å². The van der Waals surface area contributed by atoms with Gasteiger partial charge in [-0.3, -0.25) is 4.79 Å². The molecule has 0 aliphatic heterocycles. The number of benzene rings is 1. The Kier molecular flexibility index (Phi) is 5.02. The first-order valence-electron chi connectivity index (χ1n) is 8.77. The van der Waals surface area contributed by atoms with E-state index in [9.17, 15) is 4.79 Å². The highest BCUT2D eigenvalue weighted by Gasteiger charge is 2.42. The minimum atomic E-state index is -0.707. The van der Waals surface area contributed by atoms with Crippen molar-refractivity contribution in [2.24, 2.45) is 5.41 Å². The quantitative estimate of drug-likeness (QED) is 0.735. The predicted molar refractivity (Wildman–Crippen MR) is 91.6 cm³/mol. The molecule has 0 bridgehead atoms. The zero-order chi connectivity index (χ0) is 16.3. The van der Waals surface area contributed by atoms with Gasteiger partial charge in [0.15, 0.2) is 0 Å². The van der Waals surface area contributed by atoms with Crippen LogP contribution in [-0.2, 0) is 4.79 Å². The number of carbonyl (C=O) groups is 1. The molecule has 0 spiro atoms. The van der Waals surface area contributed by atoms with Crippen molar-refractivity contribution in [3.63, 3.8) is 0 Å². The molecule has 1 unspecified atom stereocenters. The molecule has 4 nitrogen and oxygen atoms in total. The maximum atomic E-state index is 10.7. The summed E-state index contributed by atoms with van der Waals surface area (Å²) in [7, 11) is 2.05. The highest BCUT2D eigenvalue weighted by molar-refractivity contribution is 5.66. The normalized spacial score (nSPS) is 25.1. The molecule has 2 aliphatic carbocycles. The molecule has 126 valence electrons. The van der Waals surface area contributed by atoms with Crippen LogP contribution in [0.1, 0.15) is 43.6 Å². The number of rotatable bonds is 9. The van der Waals surface area contributed by atoms with E-state index in [-0.39, 0.29) is 6.42 Å². The zero-order valence-corrected chi connectivity index (χ0v) is 14.0. The molecule has 0 heterocycles. The lowest BCUT2D eigenvalue weighted by Crippen LogP contribution is -2.48. The standard InChI is InChI=1S/C19H28N2O2/c1-21(11-8-18(22)23)14-19(9-5-10-19)13-20-17-12-16(17)15-6-3-2-4-7-15/h2-4,6-7,16-17,20H,5,8-14H2,1H3,(H,22,23)/t16?,17-/m0/s1. The van der Waals surface area contributed by atoms with Crippen LogP contribution < -0.4 is 5.32 Å². The number of carboxylic acids is 1. The molecule has 2 atom stereocenters. The first-order chi connectivity index (χ1) is 11.1. The second-order valence-electron chi connectivity index (χ2n) is 7.48. The third-order valence-corrected chi connectivity index (χ3v) is 5.48. The highest BCUT2D eigenvalue weighted by atomic mass is 16.4. The SMILES string of the molecule is CN(CCC(=O)O)CC1(CN[C@H]2CC2c2ccccc2)CCC1. The van der Waals surface area contributed by atoms with Gasteiger partial charge in [-0.1, -0.05) is 36.8 Å². The van der Waals surface area contributed by atoms with E-state index in [1.54, 1.807) is 0 Å². The predicted octanol–water partition coefficient (Wildman–Crippen LogP) is 2.71. The number of aliphatic carboxylic acids is 1. The van der Waals surface area contributed by atoms with Gasteiger partial charge in [-0.05, 0) is 37.3 Å². The van der Waals surface area contributed by atoms with Crippen molar-refractivity contribution in [3.8, 4) is 0 Å². The summed E-state index contributed by atoms with van der Waals surface area (Å²) in [5.41, 5.74) is 1.81. The van der Waals surface area contributed by atoms with Gasteiger partial charge in [0.2, 0.25) is 0 Å². The first kappa shape index (κ1) is 16.5. The van der Waals surface area contributed by atoms with Gasteiger partial charge in [0.1, 0.15) is 0 Å². The summed E-state index contributed by atoms with van der Waals surface area (Å²) in [6.07, 6.45) is 5.31. The summed E-state index contributed by atoms with van der Waals surface area (Å²) < 4.78 is 0. The number of carboxylic acid groups (broad SMARTS) is 1. The van der Waals surface area contributed by atoms with E-state index < -0.39 is 5.97 Å². The lowest BCUT2D eigenvalue weighted by Gasteiger charge is -2.44. The molecule has 0 amide bonds. The van der Waals surface area contributed by atoms with Gasteiger partial charge in [-0.2, -0.15) is 0 Å². The van der Waals surface area contributed by atoms with Gasteiger partial charge in [0.25, 0.3) is 0 Å². The second kappa shape index (κ2) is 7.02. The fourth-order valence-electron chi connectivity index (χ4n) is 3.84. The van der Waals surface area contributed by atoms with Crippen molar-refractivity contribution < 1.29 is 9.90 Å². The third-order valence-electron chi connectivity index (χ3n) is 5.48. The Hall–Kier alpha value is -1.39. The molecule has 2 fully saturated rings. The minimum Gasteiger partial charge on any atom is -0.481 e. The summed E-state index contributed by atoms with van der Waals surface area (Å²) in [5, 5.41) is 12.6. The first-order valence-corrected chi connectivity index (χ1v) is 8.77. The van der Waals surface area contributed by atoms with E-state index in [0.717, 1.165) is 13.1 Å². The van der Waals surface area contributed by atoms with Crippen LogP contribution in [0.2, 0.25) is 0 Å². The van der Waals surface area contributed by atoms with E-state index in [1.807, 2.05) is 7.05 Å². The second-order valence-corrected chi connectivity index (χ2v) is 7.48. The smallest absolute Gasteiger partial charge is 0.304 e. The van der Waals surface area contributed by atoms with Crippen LogP contribution in [0.4, 0.5) is 0 Å². The van der Waals surface area contributed by atoms with Crippen LogP contribution >= 0.6 is 0 Å². The Morgan fingerprint density at radius 2 is 2.09 bits per heavy atom. The molecule has 0 radical (unpaired) electrons. The van der Waals surface area contributed by atoms with Crippen LogP contribution in [0.25, 0.3) is 0 Å². The van der Waals surface area contributed by atoms with Crippen molar-refractivity contribution in [2.75, 3.05) is 26.7 Å². The largest absolute Gasteiger partial charge is 0.481 e. The van der Waals surface area contributed by atoms with Gasteiger partial charge >= 0.3 is 5.97 Å². The van der Waals surface area contributed by atoms with E-state index in [4.69, 9.17) is 5.11 Å². The van der Waals surface area contributed by atoms with Crippen LogP contribution in [0.3, 0.4) is 0 Å². The summed E-state index contributed by atoms with van der Waals surface area (Å²) in [6, 6.07) is 11.4. The van der Waals surface area contributed by atoms with Gasteiger partial charge in [0.05, 0.1) is 6.42 Å². The summed E-state index contributed by atoms with van der Waals surface area (Å²) in [6.45, 7) is 2.72. The number of nitrogens with one attached hydrogen (secondary N) is 1. The van der Waals surface area contributed by atoms with Crippen molar-refractivity contribution in [2.45, 2.75) is 44.1 Å². The Morgan fingerprint density at radius 1 is 1.35 bits per heavy atom. The molecule has 4 heteroatoms. The molecule has 3 rings (SSSR count). The van der Waals surface area contributed by atoms with E-state index in [2.05, 4.69) is 40.5 Å². The Morgan fingerprint density at radius 3 is 2.70 bits per heavy atom. The molecule has 23 heavy (non-hydrogen) atoms. The molecule has 2 N–H and O–H groups in total. The number of nitrogens with zero attached hydrogens (tertiary/aromatic N) is 1. The monoisotopic (exact) mass is 316 g/mol. The van der Waals surface area contributed by atoms with Crippen LogP contribution in [0.5, 0.6) is 0 Å². The molecule has 2 saturated carbocycles. The molecule has 0 aromatic heterocycles. The van der Waals surface area contributed by atoms with Crippen molar-refractivity contribution in [1.29, 1.82) is 0 Å². The number of hydrogen-bond acceptors (Lipinski definition) is 3. The Labute approximate surface area is 138 Å². The van der Waals surface area contributed by atoms with E-state index >= 15 is 0 Å². The van der Waals surface area contributed by atoms with E-state index in [0.29, 0.717) is 23.9 Å². The summed E-state index contributed by atoms with van der Waals surface area (Å²) >= 11 is 0. The Balaban J connectivity index is 1.44. The van der Waals surface area contributed by atoms with E-state index in [1.165, 1.54) is 31.2 Å². The summed E-state index contributed by atoms with van der Waals surface area (Å²) in [5.74, 6) is -0.0283. The third kappa shape index (κ3) is 4.33. The maximum Gasteiger partial charge on any atom is 0.304 e. The topological polar surface area (TPSA) is 52.6 Å². The molecule has 1 aromatic carbocycles. The fourth-order valence-corrected chi connectivity index (χ4v) is 3.84. The van der Waals surface area contributed by atoms with Gasteiger partial charge in [-0.15, -0.1) is 0 Å². The van der Waals surface area contributed by atoms with Crippen LogP contribution in [0, 0.1) is 5.41 Å². The number of hydrogen-bond donors (Lipinski definition) is 2. The lowest BCUT2D eigenvalue weighted by molar-refractivity contribution is -0.137. The average Bonchev–Trinajstić information content (AvgIpc) is 3.28. The maximum absolute atomic E-state index is 10.7. The van der Waals surface area contributed by atoms with Crippen molar-refractivity contribution in [3.05, 3.63) is 35.9 Å². The van der Waals surface area contributed by atoms with Gasteiger partial charge < -0.3 is 15.3 Å². The van der Waals surface area contributed by atoms with Crippen LogP contribution in [-0.4, -0.2) is 48.7 Å². The average molecular weight is 316 g/mol. The molecular weight excluding hydrogens is 288 g/mol. The minimum absolute atomic E-state index is 0.235. The fraction of sp³-hybridized carbons (Fsp3) is 0.632. The molecular formula is C19H28N2O2. The van der Waals surface area contributed by atoms with Crippen LogP contribution in [0.15, 0.2) is 30.3 Å². The molecule has 0 saturated heterocycles. The molecule has 2 aliphatic rings. The lowest BCUT2D eigenvalue weighted by atomic mass is 9.68. The molecule has 1 aromatic rings. The Bertz CT molecular complexity index is 527. The van der Waals surface area contributed by atoms with Gasteiger partial charge in [0, 0.05) is 31.6 Å². The zero-order valence-electron chi connectivity index (χ0n) is 14.0. The van der Waals surface area contributed by atoms with Crippen molar-refractivity contribution >= 4 is 5.97 Å². The summed E-state index contributed by atoms with van der Waals surface area (Å²) in [4.78, 5) is 12.9. The highest BCUT2D eigenvalue weighted by Crippen LogP contribution is 2.44. The van der Waals surface area contributed by atoms with Gasteiger partial charge in [-0.25, -0.2) is 0 Å².